The van der Waals surface area contributed by atoms with Crippen LogP contribution in [0.3, 0.4) is 0 Å². The fraction of sp³-hybridized carbons (Fsp3) is 0. The van der Waals surface area contributed by atoms with E-state index in [4.69, 9.17) is 33.2 Å². The summed E-state index contributed by atoms with van der Waals surface area (Å²) >= 11 is 11.7. The zero-order chi connectivity index (χ0) is 13.1. The molecular formula is C13H6Cl2FNO. The summed E-state index contributed by atoms with van der Waals surface area (Å²) in [7, 11) is 0. The number of halogens is 3. The Kier molecular flexibility index (Phi) is 3.71. The van der Waals surface area contributed by atoms with Gasteiger partial charge in [0.05, 0.1) is 16.7 Å². The molecule has 2 aromatic carbocycles. The second kappa shape index (κ2) is 5.26. The fourth-order valence-corrected chi connectivity index (χ4v) is 1.65. The molecular weight excluding hydrogens is 276 g/mol. The lowest BCUT2D eigenvalue weighted by Gasteiger charge is -2.08. The normalized spacial score (nSPS) is 9.89. The molecule has 0 aliphatic carbocycles. The van der Waals surface area contributed by atoms with Crippen molar-refractivity contribution in [2.45, 2.75) is 0 Å². The molecule has 0 aromatic heterocycles. The maximum Gasteiger partial charge on any atom is 0.167 e. The number of hydrogen-bond acceptors (Lipinski definition) is 2. The maximum atomic E-state index is 13.6. The van der Waals surface area contributed by atoms with Crippen LogP contribution in [0.5, 0.6) is 11.5 Å². The summed E-state index contributed by atoms with van der Waals surface area (Å²) in [5.74, 6) is -0.393. The smallest absolute Gasteiger partial charge is 0.167 e. The highest BCUT2D eigenvalue weighted by Gasteiger charge is 2.09. The highest BCUT2D eigenvalue weighted by atomic mass is 35.5. The second-order valence-electron chi connectivity index (χ2n) is 3.43. The molecule has 0 aliphatic rings. The molecule has 0 bridgehead atoms. The Morgan fingerprint density at radius 1 is 1.06 bits per heavy atom. The van der Waals surface area contributed by atoms with Gasteiger partial charge in [-0.2, -0.15) is 5.26 Å². The van der Waals surface area contributed by atoms with Crippen molar-refractivity contribution in [3.8, 4) is 17.6 Å². The number of rotatable bonds is 2. The molecule has 5 heteroatoms. The van der Waals surface area contributed by atoms with Crippen LogP contribution in [0.4, 0.5) is 4.39 Å². The minimum absolute atomic E-state index is 0.0156. The molecule has 2 nitrogen and oxygen atoms in total. The Balaban J connectivity index is 2.34. The first kappa shape index (κ1) is 12.7. The summed E-state index contributed by atoms with van der Waals surface area (Å²) in [5.41, 5.74) is 0.219. The van der Waals surface area contributed by atoms with Crippen molar-refractivity contribution < 1.29 is 9.13 Å². The van der Waals surface area contributed by atoms with Gasteiger partial charge in [0.2, 0.25) is 0 Å². The van der Waals surface area contributed by atoms with Gasteiger partial charge in [-0.1, -0.05) is 23.2 Å². The lowest BCUT2D eigenvalue weighted by atomic mass is 10.2. The maximum absolute atomic E-state index is 13.6. The van der Waals surface area contributed by atoms with Crippen molar-refractivity contribution in [3.05, 3.63) is 57.8 Å². The van der Waals surface area contributed by atoms with E-state index in [-0.39, 0.29) is 17.1 Å². The molecule has 0 unspecified atom stereocenters. The monoisotopic (exact) mass is 281 g/mol. The summed E-state index contributed by atoms with van der Waals surface area (Å²) in [5, 5.41) is 9.38. The van der Waals surface area contributed by atoms with E-state index in [1.807, 2.05) is 6.07 Å². The highest BCUT2D eigenvalue weighted by molar-refractivity contribution is 6.34. The van der Waals surface area contributed by atoms with Gasteiger partial charge in [-0.25, -0.2) is 4.39 Å². The summed E-state index contributed by atoms with van der Waals surface area (Å²) in [6, 6.07) is 10.4. The van der Waals surface area contributed by atoms with Crippen molar-refractivity contribution in [2.24, 2.45) is 0 Å². The van der Waals surface area contributed by atoms with Crippen LogP contribution in [0.25, 0.3) is 0 Å². The first-order chi connectivity index (χ1) is 8.60. The minimum atomic E-state index is -0.634. The Morgan fingerprint density at radius 3 is 2.50 bits per heavy atom. The third-order valence-corrected chi connectivity index (χ3v) is 2.72. The summed E-state index contributed by atoms with van der Waals surface area (Å²) in [6.45, 7) is 0. The fourth-order valence-electron chi connectivity index (χ4n) is 1.33. The summed E-state index contributed by atoms with van der Waals surface area (Å²) in [6.07, 6.45) is 0. The van der Waals surface area contributed by atoms with Crippen LogP contribution < -0.4 is 4.74 Å². The van der Waals surface area contributed by atoms with E-state index in [9.17, 15) is 4.39 Å². The van der Waals surface area contributed by atoms with E-state index >= 15 is 0 Å². The Labute approximate surface area is 113 Å². The topological polar surface area (TPSA) is 33.0 Å². The van der Waals surface area contributed by atoms with Gasteiger partial charge in [0.25, 0.3) is 0 Å². The molecule has 0 heterocycles. The van der Waals surface area contributed by atoms with Crippen LogP contribution in [0.1, 0.15) is 5.56 Å². The summed E-state index contributed by atoms with van der Waals surface area (Å²) < 4.78 is 18.9. The predicted octanol–water partition coefficient (Wildman–Crippen LogP) is 4.80. The SMILES string of the molecule is N#Cc1ccc(Oc2cc(Cl)ccc2Cl)c(F)c1. The van der Waals surface area contributed by atoms with Gasteiger partial charge in [0, 0.05) is 11.1 Å². The van der Waals surface area contributed by atoms with Crippen molar-refractivity contribution in [1.82, 2.24) is 0 Å². The minimum Gasteiger partial charge on any atom is -0.453 e. The molecule has 0 saturated heterocycles. The largest absolute Gasteiger partial charge is 0.453 e. The third-order valence-electron chi connectivity index (χ3n) is 2.17. The highest BCUT2D eigenvalue weighted by Crippen LogP contribution is 2.33. The first-order valence-corrected chi connectivity index (χ1v) is 5.68. The van der Waals surface area contributed by atoms with E-state index < -0.39 is 5.82 Å². The lowest BCUT2D eigenvalue weighted by Crippen LogP contribution is -1.90. The summed E-state index contributed by atoms with van der Waals surface area (Å²) in [4.78, 5) is 0. The van der Waals surface area contributed by atoms with Gasteiger partial charge in [-0.15, -0.1) is 0 Å². The molecule has 0 fully saturated rings. The van der Waals surface area contributed by atoms with Crippen LogP contribution in [0.2, 0.25) is 10.0 Å². The van der Waals surface area contributed by atoms with E-state index in [0.717, 1.165) is 6.07 Å². The number of nitrogens with zero attached hydrogens (tertiary/aromatic N) is 1. The van der Waals surface area contributed by atoms with E-state index in [1.165, 1.54) is 18.2 Å². The van der Waals surface area contributed by atoms with Gasteiger partial charge in [0.1, 0.15) is 5.75 Å². The van der Waals surface area contributed by atoms with Crippen LogP contribution >= 0.6 is 23.2 Å². The molecule has 0 aliphatic heterocycles. The molecule has 90 valence electrons. The molecule has 0 N–H and O–H groups in total. The number of hydrogen-bond donors (Lipinski definition) is 0. The average molecular weight is 282 g/mol. The average Bonchev–Trinajstić information content (AvgIpc) is 2.36. The third kappa shape index (κ3) is 2.73. The van der Waals surface area contributed by atoms with Crippen LogP contribution in [0, 0.1) is 17.1 Å². The van der Waals surface area contributed by atoms with Crippen molar-refractivity contribution in [1.29, 1.82) is 5.26 Å². The van der Waals surface area contributed by atoms with E-state index in [0.29, 0.717) is 10.0 Å². The Bertz CT molecular complexity index is 637. The van der Waals surface area contributed by atoms with Gasteiger partial charge < -0.3 is 4.74 Å². The van der Waals surface area contributed by atoms with Gasteiger partial charge in [0.15, 0.2) is 11.6 Å². The second-order valence-corrected chi connectivity index (χ2v) is 4.28. The molecule has 0 spiro atoms. The molecule has 2 aromatic rings. The van der Waals surface area contributed by atoms with Gasteiger partial charge >= 0.3 is 0 Å². The standard InChI is InChI=1S/C13H6Cl2FNO/c14-9-2-3-10(15)13(6-9)18-12-4-1-8(7-17)5-11(12)16/h1-6H. The number of nitriles is 1. The quantitative estimate of drug-likeness (QED) is 0.792. The molecule has 0 atom stereocenters. The van der Waals surface area contributed by atoms with Gasteiger partial charge in [-0.05, 0) is 30.3 Å². The van der Waals surface area contributed by atoms with Crippen molar-refractivity contribution >= 4 is 23.2 Å². The zero-order valence-corrected chi connectivity index (χ0v) is 10.5. The molecule has 0 saturated carbocycles. The van der Waals surface area contributed by atoms with Gasteiger partial charge in [-0.3, -0.25) is 0 Å². The van der Waals surface area contributed by atoms with E-state index in [2.05, 4.69) is 0 Å². The molecule has 18 heavy (non-hydrogen) atoms. The van der Waals surface area contributed by atoms with Crippen molar-refractivity contribution in [2.75, 3.05) is 0 Å². The first-order valence-electron chi connectivity index (χ1n) is 4.92. The lowest BCUT2D eigenvalue weighted by molar-refractivity contribution is 0.442. The Hall–Kier alpha value is -1.76. The van der Waals surface area contributed by atoms with Crippen LogP contribution in [-0.4, -0.2) is 0 Å². The molecule has 2 rings (SSSR count). The van der Waals surface area contributed by atoms with Crippen LogP contribution in [-0.2, 0) is 0 Å². The van der Waals surface area contributed by atoms with Crippen LogP contribution in [0.15, 0.2) is 36.4 Å². The molecule has 0 amide bonds. The molecule has 0 radical (unpaired) electrons. The predicted molar refractivity (Wildman–Crippen MR) is 67.7 cm³/mol. The zero-order valence-electron chi connectivity index (χ0n) is 8.95. The van der Waals surface area contributed by atoms with Crippen molar-refractivity contribution in [3.63, 3.8) is 0 Å². The number of ether oxygens (including phenoxy) is 1. The Morgan fingerprint density at radius 2 is 1.83 bits per heavy atom. The number of benzene rings is 2. The van der Waals surface area contributed by atoms with E-state index in [1.54, 1.807) is 12.1 Å².